The summed E-state index contributed by atoms with van der Waals surface area (Å²) in [5, 5.41) is 16.4. The van der Waals surface area contributed by atoms with Crippen LogP contribution in [0.1, 0.15) is 53.4 Å². The molecule has 0 aromatic carbocycles. The molecule has 0 heterocycles. The van der Waals surface area contributed by atoms with E-state index in [4.69, 9.17) is 0 Å². The first-order chi connectivity index (χ1) is 12.5. The molecular formula is C19H33N3O4S. The zero-order valence-corrected chi connectivity index (χ0v) is 17.6. The quantitative estimate of drug-likeness (QED) is 0.185. The summed E-state index contributed by atoms with van der Waals surface area (Å²) < 4.78 is -0.956. The van der Waals surface area contributed by atoms with Gasteiger partial charge in [0, 0.05) is 29.7 Å². The van der Waals surface area contributed by atoms with Crippen molar-refractivity contribution >= 4 is 30.4 Å². The normalized spacial score (nSPS) is 16.4. The second-order valence-corrected chi connectivity index (χ2v) is 9.29. The van der Waals surface area contributed by atoms with Gasteiger partial charge in [-0.1, -0.05) is 19.9 Å². The maximum atomic E-state index is 12.7. The molecule has 154 valence electrons. The molecule has 1 aliphatic carbocycles. The Kier molecular flexibility index (Phi) is 8.81. The van der Waals surface area contributed by atoms with E-state index in [-0.39, 0.29) is 24.3 Å². The van der Waals surface area contributed by atoms with E-state index in [0.29, 0.717) is 18.0 Å². The van der Waals surface area contributed by atoms with Crippen LogP contribution < -0.4 is 10.6 Å². The van der Waals surface area contributed by atoms with Crippen LogP contribution in [-0.2, 0) is 14.4 Å². The average Bonchev–Trinajstić information content (AvgIpc) is 3.33. The fourth-order valence-electron chi connectivity index (χ4n) is 2.86. The Labute approximate surface area is 167 Å². The minimum atomic E-state index is -1.15. The van der Waals surface area contributed by atoms with Crippen LogP contribution in [0.25, 0.3) is 0 Å². The van der Waals surface area contributed by atoms with E-state index >= 15 is 0 Å². The van der Waals surface area contributed by atoms with Crippen LogP contribution in [0.5, 0.6) is 0 Å². The molecule has 0 radical (unpaired) electrons. The summed E-state index contributed by atoms with van der Waals surface area (Å²) in [6, 6.07) is -1.05. The maximum absolute atomic E-state index is 12.7. The molecule has 0 aromatic rings. The van der Waals surface area contributed by atoms with Gasteiger partial charge in [-0.3, -0.25) is 19.6 Å². The average molecular weight is 400 g/mol. The van der Waals surface area contributed by atoms with E-state index in [0.717, 1.165) is 12.8 Å². The van der Waals surface area contributed by atoms with E-state index < -0.39 is 28.5 Å². The number of thiol groups is 1. The van der Waals surface area contributed by atoms with Gasteiger partial charge in [0.25, 0.3) is 0 Å². The number of carbonyl (C=O) groups excluding carboxylic acids is 3. The molecule has 0 saturated heterocycles. The molecule has 1 saturated carbocycles. The summed E-state index contributed by atoms with van der Waals surface area (Å²) in [6.45, 7) is 11.1. The minimum Gasteiger partial charge on any atom is -0.352 e. The van der Waals surface area contributed by atoms with Crippen molar-refractivity contribution in [3.05, 3.63) is 12.7 Å². The Morgan fingerprint density at radius 1 is 1.30 bits per heavy atom. The highest BCUT2D eigenvalue weighted by Crippen LogP contribution is 2.26. The van der Waals surface area contributed by atoms with E-state index in [2.05, 4.69) is 29.8 Å². The van der Waals surface area contributed by atoms with Crippen molar-refractivity contribution in [3.63, 3.8) is 0 Å². The summed E-state index contributed by atoms with van der Waals surface area (Å²) >= 11 is 4.39. The number of nitrogens with zero attached hydrogens (tertiary/aromatic N) is 1. The van der Waals surface area contributed by atoms with Crippen molar-refractivity contribution in [2.24, 2.45) is 11.8 Å². The van der Waals surface area contributed by atoms with Gasteiger partial charge in [-0.25, -0.2) is 5.06 Å². The number of amides is 3. The van der Waals surface area contributed by atoms with Crippen molar-refractivity contribution < 1.29 is 19.6 Å². The Morgan fingerprint density at radius 3 is 2.33 bits per heavy atom. The van der Waals surface area contributed by atoms with E-state index in [1.54, 1.807) is 19.9 Å². The Morgan fingerprint density at radius 2 is 1.89 bits per heavy atom. The van der Waals surface area contributed by atoms with Gasteiger partial charge in [-0.2, -0.15) is 12.6 Å². The molecule has 0 aliphatic heterocycles. The van der Waals surface area contributed by atoms with Gasteiger partial charge < -0.3 is 10.6 Å². The van der Waals surface area contributed by atoms with E-state index in [9.17, 15) is 19.6 Å². The molecule has 2 atom stereocenters. The third-order valence-electron chi connectivity index (χ3n) is 4.31. The lowest BCUT2D eigenvalue weighted by Crippen LogP contribution is -2.57. The van der Waals surface area contributed by atoms with Crippen LogP contribution in [-0.4, -0.2) is 51.4 Å². The summed E-state index contributed by atoms with van der Waals surface area (Å²) in [7, 11) is 0. The van der Waals surface area contributed by atoms with Crippen molar-refractivity contribution in [2.45, 2.75) is 70.2 Å². The summed E-state index contributed by atoms with van der Waals surface area (Å²) in [5.74, 6) is -1.78. The van der Waals surface area contributed by atoms with Gasteiger partial charge in [0.05, 0.1) is 0 Å². The first kappa shape index (κ1) is 23.5. The smallest absolute Gasteiger partial charge is 0.247 e. The van der Waals surface area contributed by atoms with Crippen LogP contribution in [0.4, 0.5) is 0 Å². The van der Waals surface area contributed by atoms with Gasteiger partial charge in [0.1, 0.15) is 0 Å². The van der Waals surface area contributed by atoms with E-state index in [1.807, 2.05) is 13.8 Å². The molecule has 0 bridgehead atoms. The molecule has 7 nitrogen and oxygen atoms in total. The van der Waals surface area contributed by atoms with Gasteiger partial charge >= 0.3 is 0 Å². The standard InChI is InChI=1S/C19H33N3O4S/c1-6-9-20-17(24)13(10-12(2)3)11-15(23)22(26)16(19(4,5)27)18(25)21-14-7-8-14/h6,12-14,16,26-27H,1,7-11H2,2-5H3,(H,20,24)(H,21,25)/t13-,16+/m1/s1. The highest BCUT2D eigenvalue weighted by Gasteiger charge is 2.42. The highest BCUT2D eigenvalue weighted by atomic mass is 32.1. The molecule has 0 unspecified atom stereocenters. The highest BCUT2D eigenvalue weighted by molar-refractivity contribution is 7.81. The lowest BCUT2D eigenvalue weighted by atomic mass is 9.92. The topological polar surface area (TPSA) is 98.7 Å². The molecule has 1 fully saturated rings. The number of hydroxylamine groups is 2. The van der Waals surface area contributed by atoms with Crippen molar-refractivity contribution in [3.8, 4) is 0 Å². The van der Waals surface area contributed by atoms with Gasteiger partial charge in [-0.15, -0.1) is 6.58 Å². The maximum Gasteiger partial charge on any atom is 0.247 e. The van der Waals surface area contributed by atoms with E-state index in [1.165, 1.54) is 0 Å². The molecule has 1 aliphatic rings. The van der Waals surface area contributed by atoms with Gasteiger partial charge in [0.2, 0.25) is 17.7 Å². The molecule has 8 heteroatoms. The fourth-order valence-corrected chi connectivity index (χ4v) is 3.08. The van der Waals surface area contributed by atoms with Crippen LogP contribution in [0.3, 0.4) is 0 Å². The zero-order chi connectivity index (χ0) is 20.8. The third-order valence-corrected chi connectivity index (χ3v) is 4.55. The fraction of sp³-hybridized carbons (Fsp3) is 0.737. The predicted molar refractivity (Wildman–Crippen MR) is 107 cm³/mol. The predicted octanol–water partition coefficient (Wildman–Crippen LogP) is 1.91. The Hall–Kier alpha value is -1.54. The first-order valence-corrected chi connectivity index (χ1v) is 9.84. The van der Waals surface area contributed by atoms with Crippen LogP contribution in [0, 0.1) is 11.8 Å². The molecule has 27 heavy (non-hydrogen) atoms. The number of carbonyl (C=O) groups is 3. The molecule has 3 amide bonds. The number of hydrogen-bond acceptors (Lipinski definition) is 5. The minimum absolute atomic E-state index is 0.0950. The van der Waals surface area contributed by atoms with Crippen molar-refractivity contribution in [1.29, 1.82) is 0 Å². The Balaban J connectivity index is 2.87. The molecule has 1 rings (SSSR count). The van der Waals surface area contributed by atoms with Crippen molar-refractivity contribution in [1.82, 2.24) is 15.7 Å². The first-order valence-electron chi connectivity index (χ1n) is 9.39. The van der Waals surface area contributed by atoms with Crippen LogP contribution >= 0.6 is 12.6 Å². The zero-order valence-electron chi connectivity index (χ0n) is 16.7. The van der Waals surface area contributed by atoms with Gasteiger partial charge in [0.15, 0.2) is 6.04 Å². The summed E-state index contributed by atoms with van der Waals surface area (Å²) in [6.07, 6.45) is 3.65. The second-order valence-electron chi connectivity index (χ2n) is 8.14. The van der Waals surface area contributed by atoms with Crippen LogP contribution in [0.2, 0.25) is 0 Å². The summed E-state index contributed by atoms with van der Waals surface area (Å²) in [5.41, 5.74) is 0. The molecular weight excluding hydrogens is 366 g/mol. The number of nitrogens with one attached hydrogen (secondary N) is 2. The molecule has 0 spiro atoms. The molecule has 0 aromatic heterocycles. The van der Waals surface area contributed by atoms with Crippen molar-refractivity contribution in [2.75, 3.05) is 6.54 Å². The lowest BCUT2D eigenvalue weighted by molar-refractivity contribution is -0.183. The second kappa shape index (κ2) is 10.1. The summed E-state index contributed by atoms with van der Waals surface area (Å²) in [4.78, 5) is 37.5. The monoisotopic (exact) mass is 399 g/mol. The third kappa shape index (κ3) is 7.92. The molecule has 3 N–H and O–H groups in total. The lowest BCUT2D eigenvalue weighted by Gasteiger charge is -2.34. The van der Waals surface area contributed by atoms with Gasteiger partial charge in [-0.05, 0) is 39.0 Å². The Bertz CT molecular complexity index is 556. The largest absolute Gasteiger partial charge is 0.352 e. The number of rotatable bonds is 11. The number of hydrogen-bond donors (Lipinski definition) is 4. The van der Waals surface area contributed by atoms with Crippen LogP contribution in [0.15, 0.2) is 12.7 Å². The SMILES string of the molecule is C=CCNC(=O)[C@@H](CC(=O)N(O)[C@@H](C(=O)NC1CC1)C(C)(C)S)CC(C)C.